The molecule has 0 fully saturated rings. The molecule has 23 nitrogen and oxygen atoms in total. The van der Waals surface area contributed by atoms with E-state index in [0.29, 0.717) is 29.0 Å². The standard InChI is InChI=1S/C35H33FN8O15S5/c1-4-44(22-9-7-10-23(18-22)61(49,50)6-3)35-40-33(36)39-34(41-35)38-26-19-24(62(51,52)53)15-20-16-28(64(57,58)59)31(32(46)30(20)26)43-42-25-17-21(12-13-27(25)63(54,55)56)37-29(45)11-8-14-60(47,48)5-2/h5-7,9-10,12-13,15-19,46H,2-4,8,11,14H2,1H3,(H,37,45)(H,51,52,53)(H,54,55,56)(H,57,58,59)(H,38,39,40,41). The van der Waals surface area contributed by atoms with Crippen molar-refractivity contribution in [3.05, 3.63) is 90.7 Å². The fourth-order valence-electron chi connectivity index (χ4n) is 5.74. The third-order valence-corrected chi connectivity index (χ3v) is 14.0. The van der Waals surface area contributed by atoms with Crippen LogP contribution >= 0.6 is 0 Å². The highest BCUT2D eigenvalue weighted by Gasteiger charge is 2.27. The van der Waals surface area contributed by atoms with Crippen molar-refractivity contribution in [1.29, 1.82) is 0 Å². The van der Waals surface area contributed by atoms with Gasteiger partial charge in [-0.25, -0.2) is 16.8 Å². The second-order valence-electron chi connectivity index (χ2n) is 12.9. The minimum absolute atomic E-state index is 0.00762. The van der Waals surface area contributed by atoms with Gasteiger partial charge in [-0.1, -0.05) is 19.2 Å². The van der Waals surface area contributed by atoms with Gasteiger partial charge in [0.05, 0.1) is 21.2 Å². The lowest BCUT2D eigenvalue weighted by Crippen LogP contribution is -2.21. The van der Waals surface area contributed by atoms with Crippen LogP contribution in [0.2, 0.25) is 0 Å². The molecule has 0 atom stereocenters. The van der Waals surface area contributed by atoms with Crippen LogP contribution in [-0.4, -0.2) is 94.0 Å². The maximum absolute atomic E-state index is 15.1. The number of nitrogens with one attached hydrogen (secondary N) is 2. The van der Waals surface area contributed by atoms with Gasteiger partial charge in [0.2, 0.25) is 17.8 Å². The number of sulfone groups is 2. The fourth-order valence-corrected chi connectivity index (χ4v) is 9.00. The number of anilines is 5. The van der Waals surface area contributed by atoms with E-state index < -0.39 is 128 Å². The van der Waals surface area contributed by atoms with Crippen molar-refractivity contribution < 1.29 is 70.0 Å². The smallest absolute Gasteiger partial charge is 0.315 e. The summed E-state index contributed by atoms with van der Waals surface area (Å²) < 4.78 is 168. The minimum atomic E-state index is -5.47. The maximum atomic E-state index is 15.1. The number of carbonyl (C=O) groups excluding carboxylic acids is 1. The average molecular weight is 985 g/mol. The van der Waals surface area contributed by atoms with E-state index in [-0.39, 0.29) is 35.7 Å². The molecule has 0 aliphatic rings. The van der Waals surface area contributed by atoms with Crippen LogP contribution in [0.4, 0.5) is 44.7 Å². The number of hydrogen-bond donors (Lipinski definition) is 6. The summed E-state index contributed by atoms with van der Waals surface area (Å²) in [6.07, 6.45) is -1.93. The molecule has 1 amide bonds. The number of fused-ring (bicyclic) bond motifs is 1. The van der Waals surface area contributed by atoms with E-state index >= 15 is 4.39 Å². The molecule has 0 radical (unpaired) electrons. The molecule has 64 heavy (non-hydrogen) atoms. The zero-order valence-electron chi connectivity index (χ0n) is 32.6. The Morgan fingerprint density at radius 1 is 0.812 bits per heavy atom. The minimum Gasteiger partial charge on any atom is -0.505 e. The Morgan fingerprint density at radius 2 is 1.50 bits per heavy atom. The zero-order valence-corrected chi connectivity index (χ0v) is 36.6. The van der Waals surface area contributed by atoms with E-state index in [1.807, 2.05) is 0 Å². The monoisotopic (exact) mass is 984 g/mol. The number of phenols is 1. The van der Waals surface area contributed by atoms with Gasteiger partial charge < -0.3 is 20.6 Å². The summed E-state index contributed by atoms with van der Waals surface area (Å²) in [4.78, 5) is 21.7. The molecule has 29 heteroatoms. The largest absolute Gasteiger partial charge is 0.505 e. The second-order valence-corrected chi connectivity index (χ2v) is 21.1. The highest BCUT2D eigenvalue weighted by atomic mass is 32.2. The van der Waals surface area contributed by atoms with E-state index in [1.165, 1.54) is 29.2 Å². The fraction of sp³-hybridized carbons (Fsp3) is 0.143. The van der Waals surface area contributed by atoms with Gasteiger partial charge in [-0.3, -0.25) is 18.5 Å². The van der Waals surface area contributed by atoms with E-state index in [9.17, 15) is 65.6 Å². The molecule has 0 unspecified atom stereocenters. The van der Waals surface area contributed by atoms with Crippen molar-refractivity contribution in [2.45, 2.75) is 39.3 Å². The van der Waals surface area contributed by atoms with Crippen LogP contribution in [0.1, 0.15) is 19.8 Å². The Labute approximate surface area is 364 Å². The molecular weight excluding hydrogens is 952 g/mol. The molecule has 1 aromatic heterocycles. The van der Waals surface area contributed by atoms with E-state index in [4.69, 9.17) is 0 Å². The van der Waals surface area contributed by atoms with Crippen LogP contribution in [-0.2, 0) is 54.8 Å². The number of aromatic nitrogens is 3. The lowest BCUT2D eigenvalue weighted by Gasteiger charge is -2.22. The first-order chi connectivity index (χ1) is 29.7. The highest BCUT2D eigenvalue weighted by molar-refractivity contribution is 7.94. The van der Waals surface area contributed by atoms with E-state index in [2.05, 4.69) is 49.0 Å². The molecule has 0 spiro atoms. The molecule has 6 N–H and O–H groups in total. The van der Waals surface area contributed by atoms with Crippen molar-refractivity contribution in [3.8, 4) is 5.75 Å². The van der Waals surface area contributed by atoms with E-state index in [1.54, 1.807) is 6.92 Å². The molecule has 340 valence electrons. The van der Waals surface area contributed by atoms with Crippen molar-refractivity contribution in [2.75, 3.05) is 27.8 Å². The molecule has 0 aliphatic heterocycles. The van der Waals surface area contributed by atoms with Gasteiger partial charge in [-0.05, 0) is 73.3 Å². The Kier molecular flexibility index (Phi) is 14.0. The Bertz CT molecular complexity index is 3350. The van der Waals surface area contributed by atoms with Crippen molar-refractivity contribution in [1.82, 2.24) is 15.0 Å². The molecule has 0 saturated heterocycles. The van der Waals surface area contributed by atoms with Gasteiger partial charge in [-0.2, -0.15) is 44.6 Å². The Balaban J connectivity index is 1.67. The molecule has 0 aliphatic carbocycles. The molecule has 1 heterocycles. The SMILES string of the molecule is C=CS(=O)(=O)CCCC(=O)Nc1ccc(S(=O)(=O)O)c(N=Nc2c(S(=O)(=O)O)cc3cc(S(=O)(=O)O)cc(Nc4nc(F)nc(N(CC)c5cccc(S(=O)(=O)C=C)c5)n4)c3c2O)c1. The maximum Gasteiger partial charge on any atom is 0.315 e. The highest BCUT2D eigenvalue weighted by Crippen LogP contribution is 2.46. The molecule has 5 aromatic rings. The number of amides is 1. The Morgan fingerprint density at radius 3 is 2.11 bits per heavy atom. The van der Waals surface area contributed by atoms with Gasteiger partial charge in [0, 0.05) is 40.5 Å². The van der Waals surface area contributed by atoms with Crippen molar-refractivity contribution in [3.63, 3.8) is 0 Å². The summed E-state index contributed by atoms with van der Waals surface area (Å²) in [5.41, 5.74) is -2.60. The van der Waals surface area contributed by atoms with E-state index in [0.717, 1.165) is 18.2 Å². The number of benzene rings is 4. The summed E-state index contributed by atoms with van der Waals surface area (Å²) in [5, 5.41) is 24.0. The molecule has 5 rings (SSSR count). The zero-order chi connectivity index (χ0) is 47.6. The predicted octanol–water partition coefficient (Wildman–Crippen LogP) is 5.12. The molecule has 4 aromatic carbocycles. The number of phenolic OH excluding ortho intramolecular Hbond substituents is 1. The van der Waals surface area contributed by atoms with Crippen LogP contribution < -0.4 is 15.5 Å². The summed E-state index contributed by atoms with van der Waals surface area (Å²) in [7, 11) is -23.4. The third kappa shape index (κ3) is 11.4. The molecule has 0 saturated carbocycles. The van der Waals surface area contributed by atoms with Gasteiger partial charge >= 0.3 is 6.08 Å². The number of halogens is 1. The number of rotatable bonds is 18. The molecular formula is C35H33FN8O15S5. The van der Waals surface area contributed by atoms with Crippen LogP contribution in [0.5, 0.6) is 5.75 Å². The first kappa shape index (κ1) is 48.7. The third-order valence-electron chi connectivity index (χ3n) is 8.64. The van der Waals surface area contributed by atoms with Gasteiger partial charge in [0.25, 0.3) is 30.4 Å². The summed E-state index contributed by atoms with van der Waals surface area (Å²) in [5.74, 6) is -3.58. The summed E-state index contributed by atoms with van der Waals surface area (Å²) in [6, 6.07) is 9.79. The van der Waals surface area contributed by atoms with Crippen LogP contribution in [0.3, 0.4) is 0 Å². The van der Waals surface area contributed by atoms with Crippen LogP contribution in [0.15, 0.2) is 114 Å². The van der Waals surface area contributed by atoms with Crippen molar-refractivity contribution >= 4 is 107 Å². The normalized spacial score (nSPS) is 12.6. The molecule has 0 bridgehead atoms. The van der Waals surface area contributed by atoms with Gasteiger partial charge in [0.15, 0.2) is 25.4 Å². The number of nitrogens with zero attached hydrogens (tertiary/aromatic N) is 6. The van der Waals surface area contributed by atoms with Gasteiger partial charge in [0.1, 0.15) is 21.2 Å². The number of carbonyl (C=O) groups is 1. The summed E-state index contributed by atoms with van der Waals surface area (Å²) in [6.45, 7) is 8.01. The first-order valence-corrected chi connectivity index (χ1v) is 25.2. The lowest BCUT2D eigenvalue weighted by molar-refractivity contribution is -0.116. The van der Waals surface area contributed by atoms with Gasteiger partial charge in [-0.15, -0.1) is 10.2 Å². The first-order valence-electron chi connectivity index (χ1n) is 17.6. The quantitative estimate of drug-likeness (QED) is 0.0490. The topological polar surface area (TPSA) is 359 Å². The number of aromatic hydroxyl groups is 1. The lowest BCUT2D eigenvalue weighted by atomic mass is 10.1. The summed E-state index contributed by atoms with van der Waals surface area (Å²) >= 11 is 0. The number of hydrogen-bond acceptors (Lipinski definition) is 19. The Hall–Kier alpha value is -6.34. The second kappa shape index (κ2) is 18.4. The van der Waals surface area contributed by atoms with Crippen LogP contribution in [0, 0.1) is 6.08 Å². The predicted molar refractivity (Wildman–Crippen MR) is 227 cm³/mol. The average Bonchev–Trinajstić information content (AvgIpc) is 3.19. The number of azo groups is 1. The van der Waals surface area contributed by atoms with Crippen molar-refractivity contribution in [2.24, 2.45) is 10.2 Å². The van der Waals surface area contributed by atoms with Crippen LogP contribution in [0.25, 0.3) is 10.8 Å².